The number of hydrogen-bond donors (Lipinski definition) is 1. The summed E-state index contributed by atoms with van der Waals surface area (Å²) in [5.74, 6) is 0.219. The number of carbonyl (C=O) groups excluding carboxylic acids is 1. The molecule has 0 saturated heterocycles. The summed E-state index contributed by atoms with van der Waals surface area (Å²) in [5.41, 5.74) is 5.45. The molecular formula is C25H20FN3O4S. The van der Waals surface area contributed by atoms with E-state index < -0.39 is 5.97 Å². The Bertz CT molecular complexity index is 1320. The number of rotatable bonds is 8. The molecule has 1 N–H and O–H groups in total. The maximum atomic E-state index is 13.1. The SMILES string of the molecule is COc1cc(/C=N\Nc2nc(-c3ccc(F)cc3)cs2)ccc1OC(=O)c1ccccc1OC. The molecule has 0 aliphatic heterocycles. The molecule has 0 fully saturated rings. The number of thiazole rings is 1. The Morgan fingerprint density at radius 1 is 1.00 bits per heavy atom. The van der Waals surface area contributed by atoms with E-state index in [1.54, 1.807) is 60.8 Å². The van der Waals surface area contributed by atoms with Gasteiger partial charge in [0.1, 0.15) is 17.1 Å². The summed E-state index contributed by atoms with van der Waals surface area (Å²) in [4.78, 5) is 17.0. The number of benzene rings is 3. The molecule has 4 rings (SSSR count). The highest BCUT2D eigenvalue weighted by atomic mass is 32.1. The van der Waals surface area contributed by atoms with Gasteiger partial charge in [0, 0.05) is 10.9 Å². The topological polar surface area (TPSA) is 82.0 Å². The Kier molecular flexibility index (Phi) is 7.14. The Morgan fingerprint density at radius 3 is 2.53 bits per heavy atom. The van der Waals surface area contributed by atoms with Crippen molar-refractivity contribution in [3.05, 3.63) is 89.1 Å². The van der Waals surface area contributed by atoms with E-state index in [1.807, 2.05) is 5.38 Å². The Hall–Kier alpha value is -4.24. The molecule has 4 aromatic rings. The van der Waals surface area contributed by atoms with Gasteiger partial charge in [-0.1, -0.05) is 12.1 Å². The fourth-order valence-electron chi connectivity index (χ4n) is 3.06. The average molecular weight is 478 g/mol. The number of esters is 1. The van der Waals surface area contributed by atoms with Gasteiger partial charge < -0.3 is 14.2 Å². The summed E-state index contributed by atoms with van der Waals surface area (Å²) in [6.45, 7) is 0. The molecule has 0 radical (unpaired) electrons. The van der Waals surface area contributed by atoms with Crippen LogP contribution in [0, 0.1) is 5.82 Å². The van der Waals surface area contributed by atoms with Crippen LogP contribution in [0.5, 0.6) is 17.2 Å². The first-order valence-corrected chi connectivity index (χ1v) is 11.0. The number of methoxy groups -OCH3 is 2. The van der Waals surface area contributed by atoms with Gasteiger partial charge in [-0.3, -0.25) is 5.43 Å². The van der Waals surface area contributed by atoms with Crippen LogP contribution in [0.15, 0.2) is 77.2 Å². The average Bonchev–Trinajstić information content (AvgIpc) is 3.34. The lowest BCUT2D eigenvalue weighted by Crippen LogP contribution is -2.10. The molecule has 0 amide bonds. The van der Waals surface area contributed by atoms with Crippen LogP contribution in [0.4, 0.5) is 9.52 Å². The maximum absolute atomic E-state index is 13.1. The molecule has 0 bridgehead atoms. The molecule has 0 spiro atoms. The van der Waals surface area contributed by atoms with E-state index in [2.05, 4.69) is 15.5 Å². The van der Waals surface area contributed by atoms with Crippen molar-refractivity contribution in [1.82, 2.24) is 4.98 Å². The van der Waals surface area contributed by atoms with Crippen LogP contribution in [-0.4, -0.2) is 31.4 Å². The van der Waals surface area contributed by atoms with Crippen LogP contribution >= 0.6 is 11.3 Å². The number of nitrogens with one attached hydrogen (secondary N) is 1. The van der Waals surface area contributed by atoms with Crippen molar-refractivity contribution in [2.24, 2.45) is 5.10 Å². The molecule has 0 aliphatic carbocycles. The fraction of sp³-hybridized carbons (Fsp3) is 0.0800. The third-order valence-electron chi connectivity index (χ3n) is 4.74. The quantitative estimate of drug-likeness (QED) is 0.153. The number of halogens is 1. The fourth-order valence-corrected chi connectivity index (χ4v) is 3.73. The van der Waals surface area contributed by atoms with Crippen LogP contribution in [0.25, 0.3) is 11.3 Å². The largest absolute Gasteiger partial charge is 0.496 e. The minimum atomic E-state index is -0.556. The summed E-state index contributed by atoms with van der Waals surface area (Å²) in [6.07, 6.45) is 1.59. The van der Waals surface area contributed by atoms with E-state index in [0.717, 1.165) is 16.8 Å². The molecule has 1 aromatic heterocycles. The normalized spacial score (nSPS) is 10.8. The smallest absolute Gasteiger partial charge is 0.347 e. The van der Waals surface area contributed by atoms with Crippen molar-refractivity contribution in [2.75, 3.05) is 19.6 Å². The molecule has 3 aromatic carbocycles. The summed E-state index contributed by atoms with van der Waals surface area (Å²) < 4.78 is 29.2. The van der Waals surface area contributed by atoms with Crippen LogP contribution < -0.4 is 19.6 Å². The van der Waals surface area contributed by atoms with Gasteiger partial charge in [0.25, 0.3) is 0 Å². The highest BCUT2D eigenvalue weighted by molar-refractivity contribution is 7.14. The number of hydrazone groups is 1. The molecule has 0 atom stereocenters. The van der Waals surface area contributed by atoms with Crippen molar-refractivity contribution >= 4 is 28.7 Å². The van der Waals surface area contributed by atoms with Gasteiger partial charge in [-0.25, -0.2) is 14.2 Å². The number of ether oxygens (including phenoxy) is 3. The number of para-hydroxylation sites is 1. The highest BCUT2D eigenvalue weighted by Crippen LogP contribution is 2.30. The second kappa shape index (κ2) is 10.6. The molecule has 9 heteroatoms. The summed E-state index contributed by atoms with van der Waals surface area (Å²) in [7, 11) is 2.98. The minimum absolute atomic E-state index is 0.271. The van der Waals surface area contributed by atoms with E-state index in [4.69, 9.17) is 14.2 Å². The lowest BCUT2D eigenvalue weighted by molar-refractivity contribution is 0.0726. The van der Waals surface area contributed by atoms with Gasteiger partial charge in [-0.15, -0.1) is 11.3 Å². The van der Waals surface area contributed by atoms with Crippen LogP contribution in [0.3, 0.4) is 0 Å². The van der Waals surface area contributed by atoms with Gasteiger partial charge in [0.05, 0.1) is 26.1 Å². The molecule has 0 unspecified atom stereocenters. The zero-order chi connectivity index (χ0) is 23.9. The van der Waals surface area contributed by atoms with Crippen molar-refractivity contribution in [3.8, 4) is 28.5 Å². The minimum Gasteiger partial charge on any atom is -0.496 e. The number of nitrogens with zero attached hydrogens (tertiary/aromatic N) is 2. The van der Waals surface area contributed by atoms with Crippen LogP contribution in [0.1, 0.15) is 15.9 Å². The second-order valence-electron chi connectivity index (χ2n) is 6.91. The molecule has 1 heterocycles. The Labute approximate surface area is 199 Å². The molecule has 7 nitrogen and oxygen atoms in total. The van der Waals surface area contributed by atoms with Crippen LogP contribution in [0.2, 0.25) is 0 Å². The van der Waals surface area contributed by atoms with Gasteiger partial charge in [0.15, 0.2) is 11.5 Å². The number of anilines is 1. The molecule has 0 saturated carbocycles. The highest BCUT2D eigenvalue weighted by Gasteiger charge is 2.16. The molecule has 172 valence electrons. The number of carbonyl (C=O) groups is 1. The first-order valence-electron chi connectivity index (χ1n) is 10.1. The maximum Gasteiger partial charge on any atom is 0.347 e. The molecule has 34 heavy (non-hydrogen) atoms. The summed E-state index contributed by atoms with van der Waals surface area (Å²) >= 11 is 1.38. The van der Waals surface area contributed by atoms with E-state index in [1.165, 1.54) is 37.7 Å². The lowest BCUT2D eigenvalue weighted by atomic mass is 10.2. The first kappa shape index (κ1) is 22.9. The van der Waals surface area contributed by atoms with E-state index in [-0.39, 0.29) is 11.6 Å². The van der Waals surface area contributed by atoms with Gasteiger partial charge in [-0.05, 0) is 60.2 Å². The first-order chi connectivity index (χ1) is 16.6. The van der Waals surface area contributed by atoms with Crippen molar-refractivity contribution in [3.63, 3.8) is 0 Å². The van der Waals surface area contributed by atoms with Gasteiger partial charge in [0.2, 0.25) is 5.13 Å². The predicted octanol–water partition coefficient (Wildman–Crippen LogP) is 5.63. The second-order valence-corrected chi connectivity index (χ2v) is 7.77. The molecular weight excluding hydrogens is 457 g/mol. The molecule has 0 aliphatic rings. The number of aromatic nitrogens is 1. The van der Waals surface area contributed by atoms with Crippen molar-refractivity contribution in [1.29, 1.82) is 0 Å². The van der Waals surface area contributed by atoms with E-state index in [0.29, 0.717) is 22.2 Å². The lowest BCUT2D eigenvalue weighted by Gasteiger charge is -2.11. The Balaban J connectivity index is 1.42. The Morgan fingerprint density at radius 2 is 1.76 bits per heavy atom. The monoisotopic (exact) mass is 477 g/mol. The van der Waals surface area contributed by atoms with Crippen LogP contribution in [-0.2, 0) is 0 Å². The van der Waals surface area contributed by atoms with E-state index in [9.17, 15) is 9.18 Å². The third-order valence-corrected chi connectivity index (χ3v) is 5.48. The third kappa shape index (κ3) is 5.38. The van der Waals surface area contributed by atoms with Gasteiger partial charge in [-0.2, -0.15) is 5.10 Å². The van der Waals surface area contributed by atoms with Crippen molar-refractivity contribution < 1.29 is 23.4 Å². The number of hydrogen-bond acceptors (Lipinski definition) is 8. The zero-order valence-electron chi connectivity index (χ0n) is 18.3. The summed E-state index contributed by atoms with van der Waals surface area (Å²) in [6, 6.07) is 18.0. The van der Waals surface area contributed by atoms with E-state index >= 15 is 0 Å². The van der Waals surface area contributed by atoms with Gasteiger partial charge >= 0.3 is 5.97 Å². The predicted molar refractivity (Wildman–Crippen MR) is 130 cm³/mol. The summed E-state index contributed by atoms with van der Waals surface area (Å²) in [5, 5.41) is 6.65. The zero-order valence-corrected chi connectivity index (χ0v) is 19.1. The standard InChI is InChI=1S/C25H20FN3O4S/c1-31-21-6-4-3-5-19(21)24(30)33-22-12-7-16(13-23(22)32-2)14-27-29-25-28-20(15-34-25)17-8-10-18(26)11-9-17/h3-15H,1-2H3,(H,28,29)/b27-14-. The van der Waals surface area contributed by atoms with Crippen molar-refractivity contribution in [2.45, 2.75) is 0 Å².